The van der Waals surface area contributed by atoms with Gasteiger partial charge in [-0.05, 0) is 60.0 Å². The maximum Gasteiger partial charge on any atom is 0.295 e. The minimum atomic E-state index is -0.833. The zero-order valence-corrected chi connectivity index (χ0v) is 19.9. The molecule has 0 bridgehead atoms. The number of hydrogen-bond acceptors (Lipinski definition) is 5. The van der Waals surface area contributed by atoms with E-state index in [1.54, 1.807) is 54.6 Å². The lowest BCUT2D eigenvalue weighted by Gasteiger charge is -2.25. The van der Waals surface area contributed by atoms with E-state index in [2.05, 4.69) is 0 Å². The Labute approximate surface area is 207 Å². The second-order valence-electron chi connectivity index (χ2n) is 7.99. The number of nitrogens with zero attached hydrogens (tertiary/aromatic N) is 1. The largest absolute Gasteiger partial charge is 0.507 e. The average molecular weight is 496 g/mol. The van der Waals surface area contributed by atoms with Gasteiger partial charge in [0.1, 0.15) is 11.6 Å². The Morgan fingerprint density at radius 3 is 2.26 bits per heavy atom. The summed E-state index contributed by atoms with van der Waals surface area (Å²) < 4.78 is 23.9. The van der Waals surface area contributed by atoms with Gasteiger partial charge < -0.3 is 19.5 Å². The van der Waals surface area contributed by atoms with Gasteiger partial charge in [-0.15, -0.1) is 0 Å². The molecule has 1 saturated heterocycles. The summed E-state index contributed by atoms with van der Waals surface area (Å²) in [5.74, 6) is -1.38. The van der Waals surface area contributed by atoms with Gasteiger partial charge in [-0.1, -0.05) is 35.9 Å². The Morgan fingerprint density at radius 2 is 1.63 bits per heavy atom. The summed E-state index contributed by atoms with van der Waals surface area (Å²) >= 11 is 6.06. The van der Waals surface area contributed by atoms with Crippen molar-refractivity contribution in [3.8, 4) is 11.5 Å². The molecule has 8 heteroatoms. The van der Waals surface area contributed by atoms with E-state index in [4.69, 9.17) is 21.1 Å². The number of hydrogen-bond donors (Lipinski definition) is 1. The van der Waals surface area contributed by atoms with Gasteiger partial charge in [0, 0.05) is 17.1 Å². The predicted octanol–water partition coefficient (Wildman–Crippen LogP) is 5.16. The van der Waals surface area contributed by atoms with Gasteiger partial charge in [0.2, 0.25) is 0 Å². The average Bonchev–Trinajstić information content (AvgIpc) is 3.12. The summed E-state index contributed by atoms with van der Waals surface area (Å²) in [5, 5.41) is 11.7. The van der Waals surface area contributed by atoms with Crippen LogP contribution >= 0.6 is 11.6 Å². The Balaban J connectivity index is 1.78. The van der Waals surface area contributed by atoms with Gasteiger partial charge >= 0.3 is 0 Å². The number of carbonyl (C=O) groups is 2. The Morgan fingerprint density at radius 1 is 0.971 bits per heavy atom. The molecular formula is C27H23ClFNO5. The van der Waals surface area contributed by atoms with Gasteiger partial charge in [0.25, 0.3) is 11.7 Å². The molecule has 0 saturated carbocycles. The number of aliphatic hydroxyl groups is 1. The summed E-state index contributed by atoms with van der Waals surface area (Å²) in [6, 6.07) is 16.6. The first-order valence-corrected chi connectivity index (χ1v) is 11.2. The summed E-state index contributed by atoms with van der Waals surface area (Å²) in [6.45, 7) is 0.187. The molecule has 6 nitrogen and oxygen atoms in total. The molecule has 1 N–H and O–H groups in total. The number of methoxy groups -OCH3 is 2. The van der Waals surface area contributed by atoms with Crippen LogP contribution in [0, 0.1) is 5.82 Å². The molecule has 0 spiro atoms. The second kappa shape index (κ2) is 10.2. The Bertz CT molecular complexity index is 1290. The van der Waals surface area contributed by atoms with E-state index < -0.39 is 17.7 Å². The first-order chi connectivity index (χ1) is 16.8. The fourth-order valence-corrected chi connectivity index (χ4v) is 4.27. The van der Waals surface area contributed by atoms with E-state index in [-0.39, 0.29) is 23.7 Å². The van der Waals surface area contributed by atoms with E-state index in [0.29, 0.717) is 34.1 Å². The molecule has 180 valence electrons. The summed E-state index contributed by atoms with van der Waals surface area (Å²) in [7, 11) is 2.95. The molecule has 1 heterocycles. The number of aliphatic hydroxyl groups excluding tert-OH is 1. The molecule has 35 heavy (non-hydrogen) atoms. The standard InChI is InChI=1S/C27H23ClFNO5/c1-34-21-12-7-18(15-22(21)35-2)25(31)23-24(17-5-8-19(28)9-6-17)30(27(33)26(23)32)14-13-16-3-10-20(29)11-4-16/h3-12,15,24,31H,13-14H2,1-2H3/b25-23-. The molecule has 1 fully saturated rings. The van der Waals surface area contributed by atoms with Crippen molar-refractivity contribution in [1.29, 1.82) is 0 Å². The minimum Gasteiger partial charge on any atom is -0.507 e. The van der Waals surface area contributed by atoms with E-state index in [1.165, 1.54) is 31.3 Å². The van der Waals surface area contributed by atoms with Crippen molar-refractivity contribution in [2.75, 3.05) is 20.8 Å². The maximum absolute atomic E-state index is 13.3. The van der Waals surface area contributed by atoms with Crippen molar-refractivity contribution in [3.63, 3.8) is 0 Å². The lowest BCUT2D eigenvalue weighted by Crippen LogP contribution is -2.31. The summed E-state index contributed by atoms with van der Waals surface area (Å²) in [6.07, 6.45) is 0.397. The van der Waals surface area contributed by atoms with Crippen molar-refractivity contribution < 1.29 is 28.6 Å². The number of ether oxygens (including phenoxy) is 2. The number of benzene rings is 3. The quantitative estimate of drug-likeness (QED) is 0.278. The number of rotatable bonds is 7. The van der Waals surface area contributed by atoms with Gasteiger partial charge in [-0.25, -0.2) is 4.39 Å². The van der Waals surface area contributed by atoms with Gasteiger partial charge in [0.15, 0.2) is 11.5 Å². The van der Waals surface area contributed by atoms with Gasteiger partial charge in [-0.3, -0.25) is 9.59 Å². The summed E-state index contributed by atoms with van der Waals surface area (Å²) in [5.41, 5.74) is 1.69. The van der Waals surface area contributed by atoms with E-state index in [0.717, 1.165) is 5.56 Å². The number of halogens is 2. The molecule has 0 aliphatic carbocycles. The third-order valence-corrected chi connectivity index (χ3v) is 6.19. The highest BCUT2D eigenvalue weighted by Gasteiger charge is 2.45. The lowest BCUT2D eigenvalue weighted by molar-refractivity contribution is -0.139. The topological polar surface area (TPSA) is 76.1 Å². The van der Waals surface area contributed by atoms with Crippen LogP contribution < -0.4 is 9.47 Å². The first kappa shape index (κ1) is 24.3. The molecule has 0 aromatic heterocycles. The summed E-state index contributed by atoms with van der Waals surface area (Å²) in [4.78, 5) is 27.7. The third-order valence-electron chi connectivity index (χ3n) is 5.94. The van der Waals surface area contributed by atoms with Crippen molar-refractivity contribution >= 4 is 29.1 Å². The Kier molecular flexibility index (Phi) is 7.07. The number of ketones is 1. The number of carbonyl (C=O) groups excluding carboxylic acids is 2. The fraction of sp³-hybridized carbons (Fsp3) is 0.185. The first-order valence-electron chi connectivity index (χ1n) is 10.8. The van der Waals surface area contributed by atoms with Crippen LogP contribution in [-0.4, -0.2) is 42.5 Å². The number of likely N-dealkylation sites (tertiary alicyclic amines) is 1. The zero-order valence-electron chi connectivity index (χ0n) is 19.1. The molecule has 1 aliphatic heterocycles. The fourth-order valence-electron chi connectivity index (χ4n) is 4.14. The van der Waals surface area contributed by atoms with Crippen LogP contribution in [0.2, 0.25) is 5.02 Å². The molecule has 1 amide bonds. The van der Waals surface area contributed by atoms with Crippen molar-refractivity contribution in [2.45, 2.75) is 12.5 Å². The van der Waals surface area contributed by atoms with E-state index in [1.807, 2.05) is 0 Å². The monoisotopic (exact) mass is 495 g/mol. The van der Waals surface area contributed by atoms with E-state index >= 15 is 0 Å². The van der Waals surface area contributed by atoms with Crippen LogP contribution in [-0.2, 0) is 16.0 Å². The minimum absolute atomic E-state index is 0.0383. The van der Waals surface area contributed by atoms with Crippen LogP contribution in [0.25, 0.3) is 5.76 Å². The van der Waals surface area contributed by atoms with E-state index in [9.17, 15) is 19.1 Å². The van der Waals surface area contributed by atoms with Crippen LogP contribution in [0.15, 0.2) is 72.3 Å². The highest BCUT2D eigenvalue weighted by Crippen LogP contribution is 2.41. The van der Waals surface area contributed by atoms with Crippen LogP contribution in [0.4, 0.5) is 4.39 Å². The normalized spacial score (nSPS) is 17.0. The zero-order chi connectivity index (χ0) is 25.1. The predicted molar refractivity (Wildman–Crippen MR) is 130 cm³/mol. The molecule has 0 radical (unpaired) electrons. The lowest BCUT2D eigenvalue weighted by atomic mass is 9.95. The molecular weight excluding hydrogens is 473 g/mol. The molecule has 4 rings (SSSR count). The van der Waals surface area contributed by atoms with Crippen molar-refractivity contribution in [1.82, 2.24) is 4.90 Å². The molecule has 3 aromatic rings. The molecule has 1 atom stereocenters. The second-order valence-corrected chi connectivity index (χ2v) is 8.43. The highest BCUT2D eigenvalue weighted by molar-refractivity contribution is 6.46. The van der Waals surface area contributed by atoms with Crippen LogP contribution in [0.5, 0.6) is 11.5 Å². The number of amides is 1. The molecule has 3 aromatic carbocycles. The van der Waals surface area contributed by atoms with Gasteiger partial charge in [-0.2, -0.15) is 0 Å². The van der Waals surface area contributed by atoms with Crippen molar-refractivity contribution in [3.05, 3.63) is 99.8 Å². The molecule has 1 aliphatic rings. The smallest absolute Gasteiger partial charge is 0.295 e. The highest BCUT2D eigenvalue weighted by atomic mass is 35.5. The SMILES string of the molecule is COc1ccc(/C(O)=C2/C(=O)C(=O)N(CCc3ccc(F)cc3)C2c2ccc(Cl)cc2)cc1OC. The maximum atomic E-state index is 13.3. The Hall–Kier alpha value is -3.84. The number of Topliss-reactive ketones (excluding diaryl/α,β-unsaturated/α-hetero) is 1. The van der Waals surface area contributed by atoms with Gasteiger partial charge in [0.05, 0.1) is 25.8 Å². The third kappa shape index (κ3) is 4.86. The van der Waals surface area contributed by atoms with Crippen molar-refractivity contribution in [2.24, 2.45) is 0 Å². The van der Waals surface area contributed by atoms with Crippen LogP contribution in [0.1, 0.15) is 22.7 Å². The molecule has 1 unspecified atom stereocenters. The van der Waals surface area contributed by atoms with Crippen LogP contribution in [0.3, 0.4) is 0 Å².